The zero-order valence-electron chi connectivity index (χ0n) is 4.80. The molecule has 0 aliphatic carbocycles. The van der Waals surface area contributed by atoms with Gasteiger partial charge in [-0.2, -0.15) is 6.42 Å². The summed E-state index contributed by atoms with van der Waals surface area (Å²) in [4.78, 5) is 0. The Labute approximate surface area is 50.2 Å². The van der Waals surface area contributed by atoms with Gasteiger partial charge in [-0.3, -0.25) is 0 Å². The first kappa shape index (κ1) is 5.36. The van der Waals surface area contributed by atoms with Gasteiger partial charge in [0.15, 0.2) is 0 Å². The van der Waals surface area contributed by atoms with Crippen LogP contribution in [0.2, 0.25) is 0 Å². The monoisotopic (exact) mass is 105 g/mol. The largest absolute Gasteiger partial charge is 0.339 e. The highest BCUT2D eigenvalue weighted by Gasteiger charge is 1.75. The molecule has 1 aromatic carbocycles. The van der Waals surface area contributed by atoms with Gasteiger partial charge in [0.05, 0.1) is 0 Å². The Bertz CT molecular complexity index is 141. The lowest BCUT2D eigenvalue weighted by Gasteiger charge is -1.95. The highest BCUT2D eigenvalue weighted by atomic mass is 13.9. The van der Waals surface area contributed by atoms with E-state index in [1.807, 2.05) is 18.2 Å². The fourth-order valence-electron chi connectivity index (χ4n) is 0.645. The number of hydrogen-bond donors (Lipinski definition) is 0. The quantitative estimate of drug-likeness (QED) is 0.479. The molecule has 0 radical (unpaired) electrons. The van der Waals surface area contributed by atoms with Crippen molar-refractivity contribution in [2.24, 2.45) is 0 Å². The van der Waals surface area contributed by atoms with Gasteiger partial charge in [-0.25, -0.2) is 0 Å². The van der Waals surface area contributed by atoms with E-state index in [0.29, 0.717) is 0 Å². The van der Waals surface area contributed by atoms with Gasteiger partial charge in [-0.05, 0) is 0 Å². The van der Waals surface area contributed by atoms with Crippen LogP contribution in [0.4, 0.5) is 0 Å². The first-order valence-corrected chi connectivity index (χ1v) is 2.76. The van der Waals surface area contributed by atoms with Crippen molar-refractivity contribution >= 4 is 0 Å². The van der Waals surface area contributed by atoms with Gasteiger partial charge in [0.1, 0.15) is 0 Å². The third-order valence-corrected chi connectivity index (χ3v) is 1.13. The first-order chi connectivity index (χ1) is 3.93. The van der Waals surface area contributed by atoms with Gasteiger partial charge in [-0.15, -0.1) is 0 Å². The fraction of sp³-hybridized carbons (Fsp3) is 0.125. The summed E-state index contributed by atoms with van der Waals surface area (Å²) in [6, 6.07) is 10.2. The van der Waals surface area contributed by atoms with E-state index in [9.17, 15) is 0 Å². The van der Waals surface area contributed by atoms with Crippen molar-refractivity contribution in [1.29, 1.82) is 0 Å². The SMILES string of the molecule is [CH2-]Cc1ccccc1. The molecule has 0 nitrogen and oxygen atoms in total. The summed E-state index contributed by atoms with van der Waals surface area (Å²) >= 11 is 0. The topological polar surface area (TPSA) is 0 Å². The standard InChI is InChI=1S/C8H9/c1-2-8-6-4-3-5-7-8/h3-7H,1-2H2/q-1. The molecule has 0 aliphatic rings. The third kappa shape index (κ3) is 1.09. The van der Waals surface area contributed by atoms with Gasteiger partial charge >= 0.3 is 0 Å². The average Bonchev–Trinajstić information content (AvgIpc) is 1.90. The lowest BCUT2D eigenvalue weighted by Crippen LogP contribution is -1.74. The van der Waals surface area contributed by atoms with Gasteiger partial charge in [0, 0.05) is 0 Å². The van der Waals surface area contributed by atoms with Crippen LogP contribution < -0.4 is 0 Å². The molecule has 0 aliphatic heterocycles. The Morgan fingerprint density at radius 2 is 1.75 bits per heavy atom. The van der Waals surface area contributed by atoms with Crippen LogP contribution >= 0.6 is 0 Å². The zero-order valence-corrected chi connectivity index (χ0v) is 4.80. The van der Waals surface area contributed by atoms with Crippen molar-refractivity contribution in [3.63, 3.8) is 0 Å². The van der Waals surface area contributed by atoms with E-state index in [-0.39, 0.29) is 0 Å². The fourth-order valence-corrected chi connectivity index (χ4v) is 0.645. The van der Waals surface area contributed by atoms with E-state index < -0.39 is 0 Å². The van der Waals surface area contributed by atoms with E-state index in [1.54, 1.807) is 0 Å². The molecule has 0 amide bonds. The molecule has 0 aromatic heterocycles. The Morgan fingerprint density at radius 3 is 2.12 bits per heavy atom. The smallest absolute Gasteiger partial charge is 0.0617 e. The third-order valence-electron chi connectivity index (χ3n) is 1.13. The number of rotatable bonds is 1. The first-order valence-electron chi connectivity index (χ1n) is 2.76. The van der Waals surface area contributed by atoms with Gasteiger partial charge in [-0.1, -0.05) is 35.9 Å². The number of hydrogen-bond acceptors (Lipinski definition) is 0. The van der Waals surface area contributed by atoms with Crippen LogP contribution in [0.1, 0.15) is 5.56 Å². The van der Waals surface area contributed by atoms with E-state index in [1.165, 1.54) is 5.56 Å². The van der Waals surface area contributed by atoms with E-state index in [0.717, 1.165) is 6.42 Å². The highest BCUT2D eigenvalue weighted by Crippen LogP contribution is 1.96. The Morgan fingerprint density at radius 1 is 1.12 bits per heavy atom. The predicted molar refractivity (Wildman–Crippen MR) is 35.5 cm³/mol. The average molecular weight is 105 g/mol. The summed E-state index contributed by atoms with van der Waals surface area (Å²) in [5, 5.41) is 0. The van der Waals surface area contributed by atoms with Crippen LogP contribution in [0, 0.1) is 6.92 Å². The molecule has 0 spiro atoms. The molecule has 0 unspecified atom stereocenters. The van der Waals surface area contributed by atoms with E-state index in [2.05, 4.69) is 19.1 Å². The van der Waals surface area contributed by atoms with Crippen molar-refractivity contribution < 1.29 is 0 Å². The second kappa shape index (κ2) is 2.51. The summed E-state index contributed by atoms with van der Waals surface area (Å²) in [6.45, 7) is 3.76. The van der Waals surface area contributed by atoms with Crippen molar-refractivity contribution in [3.8, 4) is 0 Å². The summed E-state index contributed by atoms with van der Waals surface area (Å²) in [6.07, 6.45) is 0.890. The van der Waals surface area contributed by atoms with Crippen LogP contribution in [0.25, 0.3) is 0 Å². The maximum atomic E-state index is 3.76. The molecule has 0 fully saturated rings. The maximum Gasteiger partial charge on any atom is -0.0617 e. The summed E-state index contributed by atoms with van der Waals surface area (Å²) in [5.41, 5.74) is 1.30. The van der Waals surface area contributed by atoms with Crippen LogP contribution in [0.15, 0.2) is 30.3 Å². The van der Waals surface area contributed by atoms with Crippen LogP contribution in [0.5, 0.6) is 0 Å². The molecule has 0 atom stereocenters. The molecule has 0 saturated carbocycles. The summed E-state index contributed by atoms with van der Waals surface area (Å²) < 4.78 is 0. The number of benzene rings is 1. The second-order valence-electron chi connectivity index (χ2n) is 1.74. The van der Waals surface area contributed by atoms with Crippen molar-refractivity contribution in [2.45, 2.75) is 6.42 Å². The predicted octanol–water partition coefficient (Wildman–Crippen LogP) is 2.06. The summed E-state index contributed by atoms with van der Waals surface area (Å²) in [5.74, 6) is 0. The Balaban J connectivity index is 2.83. The lowest BCUT2D eigenvalue weighted by molar-refractivity contribution is 1.27. The Hall–Kier alpha value is -0.780. The Kier molecular flexibility index (Phi) is 1.68. The highest BCUT2D eigenvalue weighted by molar-refractivity contribution is 5.14. The van der Waals surface area contributed by atoms with Gasteiger partial charge in [0.2, 0.25) is 0 Å². The lowest BCUT2D eigenvalue weighted by atomic mass is 10.2. The normalized spacial score (nSPS) is 9.12. The van der Waals surface area contributed by atoms with E-state index >= 15 is 0 Å². The molecule has 0 N–H and O–H groups in total. The van der Waals surface area contributed by atoms with Crippen LogP contribution in [-0.2, 0) is 6.42 Å². The molecule has 1 rings (SSSR count). The van der Waals surface area contributed by atoms with Crippen LogP contribution in [-0.4, -0.2) is 0 Å². The molecule has 0 saturated heterocycles. The molecule has 0 bridgehead atoms. The van der Waals surface area contributed by atoms with Crippen molar-refractivity contribution in [3.05, 3.63) is 42.8 Å². The molecule has 0 heteroatoms. The minimum absolute atomic E-state index is 0.890. The molecular weight excluding hydrogens is 96.1 g/mol. The second-order valence-corrected chi connectivity index (χ2v) is 1.74. The molecule has 1 aromatic rings. The van der Waals surface area contributed by atoms with E-state index in [4.69, 9.17) is 0 Å². The van der Waals surface area contributed by atoms with Crippen molar-refractivity contribution in [1.82, 2.24) is 0 Å². The molecular formula is C8H9-. The maximum absolute atomic E-state index is 3.76. The summed E-state index contributed by atoms with van der Waals surface area (Å²) in [7, 11) is 0. The molecule has 8 heavy (non-hydrogen) atoms. The molecule has 42 valence electrons. The van der Waals surface area contributed by atoms with Gasteiger partial charge < -0.3 is 6.92 Å². The van der Waals surface area contributed by atoms with Crippen molar-refractivity contribution in [2.75, 3.05) is 0 Å². The van der Waals surface area contributed by atoms with Gasteiger partial charge in [0.25, 0.3) is 0 Å². The molecule has 0 heterocycles. The zero-order chi connectivity index (χ0) is 5.82. The minimum atomic E-state index is 0.890. The minimum Gasteiger partial charge on any atom is -0.339 e. The van der Waals surface area contributed by atoms with Crippen LogP contribution in [0.3, 0.4) is 0 Å².